The maximum Gasteiger partial charge on any atom is 0.250 e. The van der Waals surface area contributed by atoms with Crippen molar-refractivity contribution < 1.29 is 14.3 Å². The number of thioether (sulfide) groups is 1. The molecule has 1 heterocycles. The van der Waals surface area contributed by atoms with E-state index in [4.69, 9.17) is 26.1 Å². The fraction of sp³-hybridized carbons (Fsp3) is 0.160. The lowest BCUT2D eigenvalue weighted by atomic mass is 10.2. The highest BCUT2D eigenvalue weighted by Crippen LogP contribution is 2.27. The van der Waals surface area contributed by atoms with Crippen LogP contribution in [0.3, 0.4) is 0 Å². The smallest absolute Gasteiger partial charge is 0.250 e. The number of para-hydroxylation sites is 2. The van der Waals surface area contributed by atoms with Crippen LogP contribution in [0, 0.1) is 0 Å². The number of nitrogens with one attached hydrogen (secondary N) is 1. The average Bonchev–Trinajstić information content (AvgIpc) is 3.21. The van der Waals surface area contributed by atoms with Crippen molar-refractivity contribution in [3.8, 4) is 11.5 Å². The van der Waals surface area contributed by atoms with E-state index in [1.54, 1.807) is 32.6 Å². The molecule has 0 spiro atoms. The molecule has 0 aliphatic heterocycles. The molecule has 3 aromatic carbocycles. The van der Waals surface area contributed by atoms with Gasteiger partial charge in [0.1, 0.15) is 0 Å². The number of aromatic nitrogens is 2. The van der Waals surface area contributed by atoms with E-state index in [9.17, 15) is 4.79 Å². The molecule has 0 saturated carbocycles. The molecule has 0 atom stereocenters. The number of rotatable bonds is 9. The summed E-state index contributed by atoms with van der Waals surface area (Å²) in [4.78, 5) is 17.1. The summed E-state index contributed by atoms with van der Waals surface area (Å²) in [6, 6.07) is 21.0. The van der Waals surface area contributed by atoms with Crippen molar-refractivity contribution in [1.29, 1.82) is 0 Å². The lowest BCUT2D eigenvalue weighted by Crippen LogP contribution is -2.20. The number of hydrazone groups is 1. The van der Waals surface area contributed by atoms with Crippen LogP contribution in [-0.2, 0) is 11.3 Å². The van der Waals surface area contributed by atoms with Gasteiger partial charge in [-0.3, -0.25) is 4.79 Å². The third-order valence-corrected chi connectivity index (χ3v) is 6.24. The maximum absolute atomic E-state index is 12.4. The van der Waals surface area contributed by atoms with E-state index < -0.39 is 0 Å². The molecule has 0 radical (unpaired) electrons. The number of ether oxygens (including phenoxy) is 2. The first-order chi connectivity index (χ1) is 16.6. The van der Waals surface area contributed by atoms with Crippen molar-refractivity contribution in [2.45, 2.75) is 11.7 Å². The van der Waals surface area contributed by atoms with Gasteiger partial charge in [-0.05, 0) is 53.6 Å². The van der Waals surface area contributed by atoms with Gasteiger partial charge in [0.15, 0.2) is 16.7 Å². The lowest BCUT2D eigenvalue weighted by molar-refractivity contribution is -0.118. The molecular weight excluding hydrogens is 472 g/mol. The number of imidazole rings is 1. The molecule has 0 bridgehead atoms. The van der Waals surface area contributed by atoms with Gasteiger partial charge < -0.3 is 14.0 Å². The van der Waals surface area contributed by atoms with E-state index in [2.05, 4.69) is 15.1 Å². The molecule has 7 nitrogen and oxygen atoms in total. The van der Waals surface area contributed by atoms with Crippen molar-refractivity contribution in [2.24, 2.45) is 5.10 Å². The molecule has 1 amide bonds. The summed E-state index contributed by atoms with van der Waals surface area (Å²) >= 11 is 7.39. The minimum atomic E-state index is -0.230. The molecule has 1 N–H and O–H groups in total. The Morgan fingerprint density at radius 1 is 1.09 bits per heavy atom. The number of amides is 1. The Morgan fingerprint density at radius 3 is 2.62 bits per heavy atom. The van der Waals surface area contributed by atoms with Crippen molar-refractivity contribution in [3.63, 3.8) is 0 Å². The summed E-state index contributed by atoms with van der Waals surface area (Å²) in [5, 5.41) is 5.51. The number of hydrogen-bond acceptors (Lipinski definition) is 6. The molecule has 9 heteroatoms. The zero-order chi connectivity index (χ0) is 23.9. The summed E-state index contributed by atoms with van der Waals surface area (Å²) in [5.74, 6) is 1.16. The van der Waals surface area contributed by atoms with E-state index in [1.807, 2.05) is 54.6 Å². The quantitative estimate of drug-likeness (QED) is 0.201. The number of nitrogens with zero attached hydrogens (tertiary/aromatic N) is 3. The predicted molar refractivity (Wildman–Crippen MR) is 136 cm³/mol. The first-order valence-electron chi connectivity index (χ1n) is 10.4. The molecule has 4 rings (SSSR count). The molecule has 0 aliphatic carbocycles. The van der Waals surface area contributed by atoms with Crippen molar-refractivity contribution in [2.75, 3.05) is 20.0 Å². The Labute approximate surface area is 206 Å². The lowest BCUT2D eigenvalue weighted by Gasteiger charge is -2.09. The van der Waals surface area contributed by atoms with E-state index in [-0.39, 0.29) is 11.7 Å². The highest BCUT2D eigenvalue weighted by Gasteiger charge is 2.13. The Bertz CT molecular complexity index is 1320. The number of methoxy groups -OCH3 is 2. The minimum Gasteiger partial charge on any atom is -0.493 e. The number of halogens is 1. The molecule has 0 saturated heterocycles. The Morgan fingerprint density at radius 2 is 1.85 bits per heavy atom. The van der Waals surface area contributed by atoms with Gasteiger partial charge in [0, 0.05) is 5.02 Å². The molecule has 0 aliphatic rings. The van der Waals surface area contributed by atoms with Crippen LogP contribution in [0.5, 0.6) is 11.5 Å². The molecule has 34 heavy (non-hydrogen) atoms. The van der Waals surface area contributed by atoms with E-state index in [0.717, 1.165) is 27.3 Å². The summed E-state index contributed by atoms with van der Waals surface area (Å²) in [5.41, 5.74) is 6.32. The van der Waals surface area contributed by atoms with Gasteiger partial charge in [0.2, 0.25) is 0 Å². The van der Waals surface area contributed by atoms with Crippen LogP contribution in [0.2, 0.25) is 5.02 Å². The average molecular weight is 495 g/mol. The number of benzene rings is 3. The fourth-order valence-corrected chi connectivity index (χ4v) is 4.30. The van der Waals surface area contributed by atoms with Crippen LogP contribution in [0.15, 0.2) is 77.0 Å². The Hall–Kier alpha value is -3.49. The van der Waals surface area contributed by atoms with Crippen molar-refractivity contribution in [1.82, 2.24) is 15.0 Å². The van der Waals surface area contributed by atoms with Gasteiger partial charge in [0.05, 0.1) is 43.8 Å². The molecule has 4 aromatic rings. The van der Waals surface area contributed by atoms with E-state index in [0.29, 0.717) is 23.1 Å². The van der Waals surface area contributed by atoms with Crippen LogP contribution in [0.25, 0.3) is 11.0 Å². The Balaban J connectivity index is 1.42. The summed E-state index contributed by atoms with van der Waals surface area (Å²) in [7, 11) is 3.14. The van der Waals surface area contributed by atoms with Crippen LogP contribution in [0.4, 0.5) is 0 Å². The monoisotopic (exact) mass is 494 g/mol. The summed E-state index contributed by atoms with van der Waals surface area (Å²) < 4.78 is 12.6. The van der Waals surface area contributed by atoms with Gasteiger partial charge in [-0.15, -0.1) is 0 Å². The van der Waals surface area contributed by atoms with Crippen LogP contribution >= 0.6 is 23.4 Å². The first-order valence-corrected chi connectivity index (χ1v) is 11.8. The van der Waals surface area contributed by atoms with Gasteiger partial charge in [-0.25, -0.2) is 10.4 Å². The molecule has 0 fully saturated rings. The van der Waals surface area contributed by atoms with E-state index in [1.165, 1.54) is 11.8 Å². The normalized spacial score (nSPS) is 11.1. The van der Waals surface area contributed by atoms with Crippen molar-refractivity contribution in [3.05, 3.63) is 82.9 Å². The molecular formula is C25H23ClN4O3S. The third kappa shape index (κ3) is 5.70. The molecule has 1 aromatic heterocycles. The summed E-state index contributed by atoms with van der Waals surface area (Å²) in [6.07, 6.45) is 1.56. The molecule has 174 valence electrons. The number of carbonyl (C=O) groups excluding carboxylic acids is 1. The van der Waals surface area contributed by atoms with Gasteiger partial charge in [0.25, 0.3) is 5.91 Å². The number of carbonyl (C=O) groups is 1. The van der Waals surface area contributed by atoms with Crippen LogP contribution in [0.1, 0.15) is 11.1 Å². The highest BCUT2D eigenvalue weighted by atomic mass is 35.5. The Kier molecular flexibility index (Phi) is 7.72. The number of hydrogen-bond donors (Lipinski definition) is 1. The van der Waals surface area contributed by atoms with Gasteiger partial charge >= 0.3 is 0 Å². The minimum absolute atomic E-state index is 0.174. The largest absolute Gasteiger partial charge is 0.493 e. The second-order valence-electron chi connectivity index (χ2n) is 7.29. The van der Waals surface area contributed by atoms with Gasteiger partial charge in [-0.1, -0.05) is 47.6 Å². The SMILES string of the molecule is COc1ccc(/C=N/NC(=O)CSc2nc3ccccc3n2Cc2ccc(Cl)cc2)cc1OC. The fourth-order valence-electron chi connectivity index (χ4n) is 3.36. The third-order valence-electron chi connectivity index (χ3n) is 5.02. The van der Waals surface area contributed by atoms with Crippen molar-refractivity contribution >= 4 is 46.5 Å². The van der Waals surface area contributed by atoms with Gasteiger partial charge in [-0.2, -0.15) is 5.10 Å². The van der Waals surface area contributed by atoms with Crippen LogP contribution in [-0.4, -0.2) is 41.6 Å². The number of fused-ring (bicyclic) bond motifs is 1. The second kappa shape index (κ2) is 11.1. The zero-order valence-corrected chi connectivity index (χ0v) is 20.3. The zero-order valence-electron chi connectivity index (χ0n) is 18.7. The topological polar surface area (TPSA) is 77.7 Å². The van der Waals surface area contributed by atoms with E-state index >= 15 is 0 Å². The predicted octanol–water partition coefficient (Wildman–Crippen LogP) is 5.00. The summed E-state index contributed by atoms with van der Waals surface area (Å²) in [6.45, 7) is 0.624. The van der Waals surface area contributed by atoms with Crippen LogP contribution < -0.4 is 14.9 Å². The second-order valence-corrected chi connectivity index (χ2v) is 8.67. The maximum atomic E-state index is 12.4. The molecule has 0 unspecified atom stereocenters. The standard InChI is InChI=1S/C25H23ClN4O3S/c1-32-22-12-9-18(13-23(22)33-2)14-27-29-24(31)16-34-25-28-20-5-3-4-6-21(20)30(25)15-17-7-10-19(26)11-8-17/h3-14H,15-16H2,1-2H3,(H,29,31)/b27-14+. The first kappa shape index (κ1) is 23.7. The highest BCUT2D eigenvalue weighted by molar-refractivity contribution is 7.99.